The fraction of sp³-hybridized carbons (Fsp3) is 0.190. The molecule has 2 aromatic rings. The Kier molecular flexibility index (Phi) is 6.58. The normalized spacial score (nSPS) is 12.1. The molecular weight excluding hydrogens is 362 g/mol. The van der Waals surface area contributed by atoms with Crippen molar-refractivity contribution in [2.24, 2.45) is 0 Å². The van der Waals surface area contributed by atoms with Crippen LogP contribution in [-0.2, 0) is 14.8 Å². The van der Waals surface area contributed by atoms with Crippen LogP contribution in [0.4, 0.5) is 0 Å². The Morgan fingerprint density at radius 1 is 1.15 bits per heavy atom. The van der Waals surface area contributed by atoms with Gasteiger partial charge in [-0.15, -0.1) is 6.58 Å². The molecule has 0 bridgehead atoms. The second-order valence-corrected chi connectivity index (χ2v) is 7.81. The molecule has 6 heteroatoms. The third kappa shape index (κ3) is 5.08. The standard InChI is InChI=1S/C21H23NO4S/c1-5-6-20(17-9-11-18(26-4)12-10-17)16(3)21(23)22-27(24,25)19-13-7-15(2)8-14-19/h5,7-14,20H,1,3,6H2,2,4H3,(H,22,23). The number of aryl methyl sites for hydroxylation is 1. The molecule has 0 heterocycles. The Labute approximate surface area is 160 Å². The Bertz CT molecular complexity index is 929. The van der Waals surface area contributed by atoms with Gasteiger partial charge in [-0.05, 0) is 43.2 Å². The van der Waals surface area contributed by atoms with Crippen molar-refractivity contribution in [2.75, 3.05) is 7.11 Å². The molecule has 1 amide bonds. The van der Waals surface area contributed by atoms with E-state index >= 15 is 0 Å². The number of methoxy groups -OCH3 is 1. The highest BCUT2D eigenvalue weighted by Crippen LogP contribution is 2.29. The summed E-state index contributed by atoms with van der Waals surface area (Å²) in [5.74, 6) is -0.437. The van der Waals surface area contributed by atoms with Crippen molar-refractivity contribution in [2.45, 2.75) is 24.2 Å². The molecule has 0 aliphatic rings. The van der Waals surface area contributed by atoms with Crippen molar-refractivity contribution >= 4 is 15.9 Å². The maximum absolute atomic E-state index is 12.6. The van der Waals surface area contributed by atoms with E-state index in [1.54, 1.807) is 37.5 Å². The molecule has 0 fully saturated rings. The molecule has 0 aliphatic heterocycles. The monoisotopic (exact) mass is 385 g/mol. The largest absolute Gasteiger partial charge is 0.497 e. The van der Waals surface area contributed by atoms with E-state index in [1.807, 2.05) is 19.1 Å². The van der Waals surface area contributed by atoms with Crippen LogP contribution >= 0.6 is 0 Å². The zero-order valence-electron chi connectivity index (χ0n) is 15.4. The lowest BCUT2D eigenvalue weighted by Gasteiger charge is -2.18. The van der Waals surface area contributed by atoms with Gasteiger partial charge in [-0.3, -0.25) is 4.79 Å². The number of hydrogen-bond acceptors (Lipinski definition) is 4. The van der Waals surface area contributed by atoms with Gasteiger partial charge < -0.3 is 4.74 Å². The number of nitrogens with one attached hydrogen (secondary N) is 1. The minimum atomic E-state index is -3.97. The number of allylic oxidation sites excluding steroid dienone is 1. The van der Waals surface area contributed by atoms with Crippen molar-refractivity contribution in [1.82, 2.24) is 4.72 Å². The van der Waals surface area contributed by atoms with Gasteiger partial charge in [-0.1, -0.05) is 42.5 Å². The lowest BCUT2D eigenvalue weighted by molar-refractivity contribution is -0.116. The number of hydrogen-bond donors (Lipinski definition) is 1. The summed E-state index contributed by atoms with van der Waals surface area (Å²) in [7, 11) is -2.40. The van der Waals surface area contributed by atoms with Crippen molar-refractivity contribution < 1.29 is 17.9 Å². The lowest BCUT2D eigenvalue weighted by atomic mass is 9.88. The fourth-order valence-corrected chi connectivity index (χ4v) is 3.59. The number of carbonyl (C=O) groups excluding carboxylic acids is 1. The highest BCUT2D eigenvalue weighted by Gasteiger charge is 2.24. The highest BCUT2D eigenvalue weighted by atomic mass is 32.2. The van der Waals surface area contributed by atoms with E-state index in [2.05, 4.69) is 17.9 Å². The van der Waals surface area contributed by atoms with E-state index in [4.69, 9.17) is 4.74 Å². The Morgan fingerprint density at radius 3 is 2.26 bits per heavy atom. The summed E-state index contributed by atoms with van der Waals surface area (Å²) in [4.78, 5) is 12.6. The average molecular weight is 385 g/mol. The Balaban J connectivity index is 2.22. The van der Waals surface area contributed by atoms with E-state index in [-0.39, 0.29) is 16.4 Å². The lowest BCUT2D eigenvalue weighted by Crippen LogP contribution is -2.33. The molecule has 0 aliphatic carbocycles. The van der Waals surface area contributed by atoms with Gasteiger partial charge in [0.05, 0.1) is 12.0 Å². The minimum Gasteiger partial charge on any atom is -0.497 e. The second-order valence-electron chi connectivity index (χ2n) is 6.12. The van der Waals surface area contributed by atoms with E-state index in [0.717, 1.165) is 11.1 Å². The molecular formula is C21H23NO4S. The van der Waals surface area contributed by atoms with Crippen LogP contribution in [0.25, 0.3) is 0 Å². The first kappa shape index (κ1) is 20.5. The van der Waals surface area contributed by atoms with Crippen LogP contribution in [0.15, 0.2) is 78.2 Å². The third-order valence-electron chi connectivity index (χ3n) is 4.19. The van der Waals surface area contributed by atoms with Gasteiger partial charge in [-0.25, -0.2) is 13.1 Å². The Hall–Kier alpha value is -2.86. The van der Waals surface area contributed by atoms with Crippen molar-refractivity contribution in [3.8, 4) is 5.75 Å². The summed E-state index contributed by atoms with van der Waals surface area (Å²) in [6, 6.07) is 13.5. The molecule has 0 saturated carbocycles. The molecule has 0 aromatic heterocycles. The predicted octanol–water partition coefficient (Wildman–Crippen LogP) is 3.72. The smallest absolute Gasteiger partial charge is 0.264 e. The van der Waals surface area contributed by atoms with Crippen LogP contribution in [0, 0.1) is 6.92 Å². The molecule has 1 N–H and O–H groups in total. The van der Waals surface area contributed by atoms with Gasteiger partial charge in [0.15, 0.2) is 0 Å². The first-order valence-electron chi connectivity index (χ1n) is 8.36. The Morgan fingerprint density at radius 2 is 1.74 bits per heavy atom. The summed E-state index contributed by atoms with van der Waals surface area (Å²) < 4.78 is 32.1. The number of benzene rings is 2. The van der Waals surface area contributed by atoms with Gasteiger partial charge in [0, 0.05) is 11.5 Å². The van der Waals surface area contributed by atoms with Crippen LogP contribution in [0.5, 0.6) is 5.75 Å². The number of ether oxygens (including phenoxy) is 1. The summed E-state index contributed by atoms with van der Waals surface area (Å²) >= 11 is 0. The fourth-order valence-electron chi connectivity index (χ4n) is 2.60. The van der Waals surface area contributed by atoms with Crippen molar-refractivity contribution in [1.29, 1.82) is 0 Å². The summed E-state index contributed by atoms with van der Waals surface area (Å²) in [6.07, 6.45) is 2.12. The van der Waals surface area contributed by atoms with Crippen molar-refractivity contribution in [3.05, 3.63) is 84.5 Å². The van der Waals surface area contributed by atoms with Gasteiger partial charge in [-0.2, -0.15) is 0 Å². The molecule has 2 aromatic carbocycles. The highest BCUT2D eigenvalue weighted by molar-refractivity contribution is 7.90. The molecule has 142 valence electrons. The van der Waals surface area contributed by atoms with Gasteiger partial charge in [0.1, 0.15) is 5.75 Å². The van der Waals surface area contributed by atoms with E-state index in [1.165, 1.54) is 12.1 Å². The number of carbonyl (C=O) groups is 1. The second kappa shape index (κ2) is 8.68. The molecule has 0 saturated heterocycles. The summed E-state index contributed by atoms with van der Waals surface area (Å²) in [5.41, 5.74) is 1.90. The maximum atomic E-state index is 12.6. The number of amides is 1. The van der Waals surface area contributed by atoms with Crippen LogP contribution in [0.2, 0.25) is 0 Å². The zero-order chi connectivity index (χ0) is 20.0. The summed E-state index contributed by atoms with van der Waals surface area (Å²) in [6.45, 7) is 9.40. The van der Waals surface area contributed by atoms with Gasteiger partial charge in [0.2, 0.25) is 0 Å². The van der Waals surface area contributed by atoms with Crippen LogP contribution in [0.1, 0.15) is 23.5 Å². The van der Waals surface area contributed by atoms with Crippen LogP contribution < -0.4 is 9.46 Å². The van der Waals surface area contributed by atoms with E-state index in [9.17, 15) is 13.2 Å². The van der Waals surface area contributed by atoms with Crippen LogP contribution in [-0.4, -0.2) is 21.4 Å². The predicted molar refractivity (Wildman–Crippen MR) is 106 cm³/mol. The molecule has 0 spiro atoms. The number of sulfonamides is 1. The molecule has 1 unspecified atom stereocenters. The summed E-state index contributed by atoms with van der Waals surface area (Å²) in [5, 5.41) is 0. The van der Waals surface area contributed by atoms with E-state index in [0.29, 0.717) is 12.2 Å². The SMILES string of the molecule is C=CCC(C(=C)C(=O)NS(=O)(=O)c1ccc(C)cc1)c1ccc(OC)cc1. The molecule has 27 heavy (non-hydrogen) atoms. The van der Waals surface area contributed by atoms with Gasteiger partial charge >= 0.3 is 0 Å². The minimum absolute atomic E-state index is 0.0268. The first-order valence-corrected chi connectivity index (χ1v) is 9.84. The zero-order valence-corrected chi connectivity index (χ0v) is 16.3. The van der Waals surface area contributed by atoms with Crippen LogP contribution in [0.3, 0.4) is 0 Å². The first-order chi connectivity index (χ1) is 12.8. The quantitative estimate of drug-likeness (QED) is 0.555. The maximum Gasteiger partial charge on any atom is 0.264 e. The molecule has 2 rings (SSSR count). The molecule has 1 atom stereocenters. The molecule has 5 nitrogen and oxygen atoms in total. The third-order valence-corrected chi connectivity index (χ3v) is 5.54. The van der Waals surface area contributed by atoms with E-state index < -0.39 is 15.9 Å². The molecule has 0 radical (unpaired) electrons. The average Bonchev–Trinajstić information content (AvgIpc) is 2.65. The number of rotatable bonds is 8. The van der Waals surface area contributed by atoms with Crippen molar-refractivity contribution in [3.63, 3.8) is 0 Å². The topological polar surface area (TPSA) is 72.5 Å². The van der Waals surface area contributed by atoms with Gasteiger partial charge in [0.25, 0.3) is 15.9 Å².